The Labute approximate surface area is 296 Å². The lowest BCUT2D eigenvalue weighted by molar-refractivity contribution is 0.329. The molecule has 0 spiro atoms. The number of rotatable bonds is 5. The van der Waals surface area contributed by atoms with Crippen molar-refractivity contribution in [1.82, 2.24) is 9.97 Å². The SMILES string of the molecule is CCOC1=NC2=C(c3ccccc3)c3cc(c[nH]3)C(c3ccccc3)=C3C=CC(=N3)C(c3ccccc3)=c3ccc([nH]3)=C(c3ccccc3)C1=C2. The summed E-state index contributed by atoms with van der Waals surface area (Å²) in [5, 5.41) is 1.93. The van der Waals surface area contributed by atoms with E-state index in [-0.39, 0.29) is 0 Å². The Morgan fingerprint density at radius 2 is 1.08 bits per heavy atom. The van der Waals surface area contributed by atoms with Gasteiger partial charge in [0.15, 0.2) is 0 Å². The van der Waals surface area contributed by atoms with Gasteiger partial charge < -0.3 is 14.7 Å². The first-order valence-electron chi connectivity index (χ1n) is 17.3. The third-order valence-corrected chi connectivity index (χ3v) is 9.41. The Morgan fingerprint density at radius 1 is 0.529 bits per heavy atom. The fourth-order valence-electron chi connectivity index (χ4n) is 7.19. The van der Waals surface area contributed by atoms with Crippen LogP contribution in [0.15, 0.2) is 191 Å². The molecule has 0 amide bonds. The minimum Gasteiger partial charge on any atom is -0.478 e. The van der Waals surface area contributed by atoms with E-state index >= 15 is 0 Å². The Kier molecular flexibility index (Phi) is 7.71. The third kappa shape index (κ3) is 5.55. The first-order valence-corrected chi connectivity index (χ1v) is 17.3. The second kappa shape index (κ2) is 13.0. The lowest BCUT2D eigenvalue weighted by atomic mass is 9.94. The van der Waals surface area contributed by atoms with E-state index in [0.717, 1.165) is 89.2 Å². The predicted octanol–water partition coefficient (Wildman–Crippen LogP) is 8.36. The molecule has 0 unspecified atom stereocenters. The van der Waals surface area contributed by atoms with Crippen LogP contribution < -0.4 is 10.7 Å². The molecule has 0 fully saturated rings. The predicted molar refractivity (Wildman–Crippen MR) is 207 cm³/mol. The summed E-state index contributed by atoms with van der Waals surface area (Å²) in [5.41, 5.74) is 13.9. The number of aliphatic imine (C=N–C) groups is 2. The maximum atomic E-state index is 6.35. The molecule has 0 atom stereocenters. The van der Waals surface area contributed by atoms with Crippen LogP contribution in [-0.2, 0) is 4.74 Å². The number of fused-ring (bicyclic) bond motifs is 6. The van der Waals surface area contributed by atoms with E-state index < -0.39 is 0 Å². The van der Waals surface area contributed by atoms with Crippen molar-refractivity contribution in [1.29, 1.82) is 0 Å². The summed E-state index contributed by atoms with van der Waals surface area (Å²) in [4.78, 5) is 18.1. The van der Waals surface area contributed by atoms with Crippen LogP contribution in [0, 0.1) is 0 Å². The first kappa shape index (κ1) is 30.3. The van der Waals surface area contributed by atoms with Gasteiger partial charge in [-0.1, -0.05) is 121 Å². The lowest BCUT2D eigenvalue weighted by Crippen LogP contribution is -2.21. The maximum Gasteiger partial charge on any atom is 0.222 e. The fraction of sp³-hybridized carbons (Fsp3) is 0.0435. The highest BCUT2D eigenvalue weighted by molar-refractivity contribution is 6.30. The molecule has 9 rings (SSSR count). The normalized spacial score (nSPS) is 15.3. The van der Waals surface area contributed by atoms with Crippen LogP contribution in [0.5, 0.6) is 0 Å². The van der Waals surface area contributed by atoms with Gasteiger partial charge in [0, 0.05) is 56.0 Å². The van der Waals surface area contributed by atoms with E-state index in [4.69, 9.17) is 14.7 Å². The van der Waals surface area contributed by atoms with E-state index in [2.05, 4.69) is 150 Å². The molecular weight excluding hydrogens is 625 g/mol. The Bertz CT molecular complexity index is 2600. The number of benzene rings is 4. The molecule has 0 aliphatic carbocycles. The zero-order valence-corrected chi connectivity index (χ0v) is 28.1. The summed E-state index contributed by atoms with van der Waals surface area (Å²) in [6.07, 6.45) is 8.53. The van der Waals surface area contributed by atoms with Crippen LogP contribution in [-0.4, -0.2) is 28.2 Å². The third-order valence-electron chi connectivity index (χ3n) is 9.41. The standard InChI is InChI=1S/C46H34N4O/c1-2-51-46-35-28-41(50-46)45(33-21-13-6-14-22-33)40-27-34(29-47-40)42(30-15-7-3-8-16-30)36-23-25-38(48-36)44(32-19-11-5-12-20-32)39-26-24-37(49-39)43(35)31-17-9-4-10-18-31/h3-29,47,49H,2H2,1H3. The number of nitrogens with one attached hydrogen (secondary N) is 2. The highest BCUT2D eigenvalue weighted by atomic mass is 16.5. The Morgan fingerprint density at radius 3 is 1.69 bits per heavy atom. The zero-order chi connectivity index (χ0) is 34.1. The Hall–Kier alpha value is -6.72. The highest BCUT2D eigenvalue weighted by Gasteiger charge is 2.27. The number of hydrogen-bond donors (Lipinski definition) is 2. The number of hydrogen-bond acceptors (Lipinski definition) is 3. The zero-order valence-electron chi connectivity index (χ0n) is 28.1. The molecule has 5 heteroatoms. The van der Waals surface area contributed by atoms with Crippen molar-refractivity contribution in [3.8, 4) is 0 Å². The summed E-state index contributed by atoms with van der Waals surface area (Å²) in [6, 6.07) is 48.4. The quantitative estimate of drug-likeness (QED) is 0.192. The van der Waals surface area contributed by atoms with Crippen LogP contribution in [0.4, 0.5) is 0 Å². The average Bonchev–Trinajstić information content (AvgIpc) is 4.01. The molecule has 6 aromatic rings. The smallest absolute Gasteiger partial charge is 0.222 e. The summed E-state index contributed by atoms with van der Waals surface area (Å²) in [5.74, 6) is 0.595. The van der Waals surface area contributed by atoms with Crippen LogP contribution in [0.25, 0.3) is 22.3 Å². The van der Waals surface area contributed by atoms with Gasteiger partial charge in [-0.25, -0.2) is 9.98 Å². The molecule has 5 nitrogen and oxygen atoms in total. The van der Waals surface area contributed by atoms with E-state index in [1.165, 1.54) is 0 Å². The second-order valence-corrected chi connectivity index (χ2v) is 12.6. The van der Waals surface area contributed by atoms with Crippen molar-refractivity contribution < 1.29 is 4.74 Å². The van der Waals surface area contributed by atoms with Crippen molar-refractivity contribution in [2.75, 3.05) is 6.61 Å². The highest BCUT2D eigenvalue weighted by Crippen LogP contribution is 2.38. The lowest BCUT2D eigenvalue weighted by Gasteiger charge is -2.12. The van der Waals surface area contributed by atoms with Gasteiger partial charge in [0.1, 0.15) is 0 Å². The van der Waals surface area contributed by atoms with E-state index in [1.807, 2.05) is 31.2 Å². The van der Waals surface area contributed by atoms with Crippen molar-refractivity contribution in [3.05, 3.63) is 225 Å². The molecule has 3 aliphatic heterocycles. The topological polar surface area (TPSA) is 65.5 Å². The summed E-state index contributed by atoms with van der Waals surface area (Å²) >= 11 is 0. The van der Waals surface area contributed by atoms with Gasteiger partial charge in [-0.2, -0.15) is 0 Å². The first-order chi connectivity index (χ1) is 25.2. The summed E-state index contributed by atoms with van der Waals surface area (Å²) in [7, 11) is 0. The fourth-order valence-corrected chi connectivity index (χ4v) is 7.19. The molecule has 0 saturated heterocycles. The largest absolute Gasteiger partial charge is 0.478 e. The average molecular weight is 659 g/mol. The van der Waals surface area contributed by atoms with Gasteiger partial charge in [0.05, 0.1) is 23.7 Å². The van der Waals surface area contributed by atoms with Crippen molar-refractivity contribution in [3.63, 3.8) is 0 Å². The minimum absolute atomic E-state index is 0.487. The van der Waals surface area contributed by atoms with Crippen molar-refractivity contribution in [2.24, 2.45) is 9.98 Å². The van der Waals surface area contributed by atoms with Crippen LogP contribution in [0.1, 0.15) is 40.4 Å². The summed E-state index contributed by atoms with van der Waals surface area (Å²) in [6.45, 7) is 2.49. The molecule has 3 aliphatic rings. The van der Waals surface area contributed by atoms with E-state index in [9.17, 15) is 0 Å². The van der Waals surface area contributed by atoms with Gasteiger partial charge in [0.2, 0.25) is 5.90 Å². The van der Waals surface area contributed by atoms with Gasteiger partial charge in [-0.15, -0.1) is 0 Å². The number of H-pyrrole nitrogens is 2. The number of nitrogens with zero attached hydrogens (tertiary/aromatic N) is 2. The van der Waals surface area contributed by atoms with Gasteiger partial charge in [-0.05, 0) is 65.6 Å². The monoisotopic (exact) mass is 658 g/mol. The van der Waals surface area contributed by atoms with Gasteiger partial charge >= 0.3 is 0 Å². The van der Waals surface area contributed by atoms with Crippen LogP contribution in [0.3, 0.4) is 0 Å². The molecule has 5 heterocycles. The van der Waals surface area contributed by atoms with Gasteiger partial charge in [-0.3, -0.25) is 0 Å². The number of aromatic nitrogens is 2. The minimum atomic E-state index is 0.487. The number of allylic oxidation sites excluding steroid dienone is 3. The van der Waals surface area contributed by atoms with E-state index in [0.29, 0.717) is 12.5 Å². The maximum absolute atomic E-state index is 6.35. The molecule has 244 valence electrons. The second-order valence-electron chi connectivity index (χ2n) is 12.6. The molecule has 2 N–H and O–H groups in total. The molecule has 8 bridgehead atoms. The number of aromatic amines is 2. The molecule has 2 aromatic heterocycles. The molecule has 0 saturated carbocycles. The molecule has 51 heavy (non-hydrogen) atoms. The number of ether oxygens (including phenoxy) is 1. The van der Waals surface area contributed by atoms with Crippen LogP contribution >= 0.6 is 0 Å². The van der Waals surface area contributed by atoms with E-state index in [1.54, 1.807) is 0 Å². The Balaban J connectivity index is 1.44. The summed E-state index contributed by atoms with van der Waals surface area (Å²) < 4.78 is 6.35. The molecular formula is C46H34N4O. The van der Waals surface area contributed by atoms with Gasteiger partial charge in [0.25, 0.3) is 0 Å². The van der Waals surface area contributed by atoms with Crippen LogP contribution in [0.2, 0.25) is 0 Å². The molecule has 4 aromatic carbocycles. The molecule has 0 radical (unpaired) electrons. The van der Waals surface area contributed by atoms with Crippen molar-refractivity contribution in [2.45, 2.75) is 6.92 Å². The van der Waals surface area contributed by atoms with Crippen molar-refractivity contribution >= 4 is 33.9 Å².